The van der Waals surface area contributed by atoms with E-state index in [1.165, 1.54) is 0 Å². The summed E-state index contributed by atoms with van der Waals surface area (Å²) in [6.07, 6.45) is 0.851. The molecule has 4 aliphatic rings. The van der Waals surface area contributed by atoms with Gasteiger partial charge >= 0.3 is 0 Å². The van der Waals surface area contributed by atoms with Gasteiger partial charge in [0.1, 0.15) is 5.75 Å². The van der Waals surface area contributed by atoms with E-state index in [-0.39, 0.29) is 43.3 Å². The highest BCUT2D eigenvalue weighted by Gasteiger charge is 2.66. The molecule has 5 atom stereocenters. The van der Waals surface area contributed by atoms with Gasteiger partial charge in [0.05, 0.1) is 48.7 Å². The average Bonchev–Trinajstić information content (AvgIpc) is 3.77. The van der Waals surface area contributed by atoms with Gasteiger partial charge in [0.15, 0.2) is 19.7 Å². The number of para-hydroxylation sites is 3. The molecule has 0 bridgehead atoms. The maximum Gasteiger partial charge on any atom is 0.266 e. The lowest BCUT2D eigenvalue weighted by Crippen LogP contribution is -2.46. The number of halogens is 1. The van der Waals surface area contributed by atoms with Crippen molar-refractivity contribution < 1.29 is 33.8 Å². The SMILES string of the molecule is C[C@H]1[C@H]([Si](C)(C)O)[C@@H](CC(=O)N2CCC[C@H]2CO)O[C@]12C(=O)N(Cc1ccc(N3C(=O)c4ccccc4Oc4ccccc43)cc1)c1ccc(Cl)cc12. The first-order chi connectivity index (χ1) is 25.4. The molecule has 2 fully saturated rings. The summed E-state index contributed by atoms with van der Waals surface area (Å²) in [5.74, 6) is -0.0557. The van der Waals surface area contributed by atoms with Gasteiger partial charge < -0.3 is 29.2 Å². The first kappa shape index (κ1) is 35.5. The number of rotatable bonds is 7. The van der Waals surface area contributed by atoms with Crippen LogP contribution in [0, 0.1) is 5.92 Å². The van der Waals surface area contributed by atoms with Crippen LogP contribution >= 0.6 is 11.6 Å². The summed E-state index contributed by atoms with van der Waals surface area (Å²) in [5, 5.41) is 10.3. The lowest BCUT2D eigenvalue weighted by Gasteiger charge is -2.32. The van der Waals surface area contributed by atoms with Crippen LogP contribution in [0.25, 0.3) is 0 Å². The molecule has 3 amide bonds. The van der Waals surface area contributed by atoms with Crippen LogP contribution in [-0.2, 0) is 26.5 Å². The molecule has 274 valence electrons. The summed E-state index contributed by atoms with van der Waals surface area (Å²) >= 11 is 6.58. The van der Waals surface area contributed by atoms with E-state index in [1.807, 2.05) is 86.7 Å². The maximum absolute atomic E-state index is 14.9. The first-order valence-corrected chi connectivity index (χ1v) is 21.5. The molecule has 4 aromatic carbocycles. The van der Waals surface area contributed by atoms with Crippen LogP contribution in [0.15, 0.2) is 91.0 Å². The highest BCUT2D eigenvalue weighted by molar-refractivity contribution is 6.71. The van der Waals surface area contributed by atoms with Crippen molar-refractivity contribution in [1.29, 1.82) is 0 Å². The van der Waals surface area contributed by atoms with E-state index < -0.39 is 31.5 Å². The van der Waals surface area contributed by atoms with Crippen LogP contribution in [0.2, 0.25) is 23.7 Å². The predicted molar refractivity (Wildman–Crippen MR) is 204 cm³/mol. The average molecular weight is 752 g/mol. The zero-order chi connectivity index (χ0) is 37.2. The highest BCUT2D eigenvalue weighted by Crippen LogP contribution is 2.60. The van der Waals surface area contributed by atoms with Crippen LogP contribution in [-0.4, -0.2) is 66.1 Å². The van der Waals surface area contributed by atoms with Crippen molar-refractivity contribution in [3.8, 4) is 11.5 Å². The van der Waals surface area contributed by atoms with Crippen molar-refractivity contribution >= 4 is 54.7 Å². The molecule has 0 unspecified atom stereocenters. The van der Waals surface area contributed by atoms with Gasteiger partial charge in [-0.05, 0) is 86.1 Å². The lowest BCUT2D eigenvalue weighted by molar-refractivity contribution is -0.150. The minimum atomic E-state index is -3.01. The fourth-order valence-electron chi connectivity index (χ4n) is 9.05. The second-order valence-electron chi connectivity index (χ2n) is 15.1. The summed E-state index contributed by atoms with van der Waals surface area (Å²) in [6, 6.07) is 27.2. The Labute approximate surface area is 314 Å². The summed E-state index contributed by atoms with van der Waals surface area (Å²) in [4.78, 5) is 59.3. The van der Waals surface area contributed by atoms with Crippen LogP contribution in [0.3, 0.4) is 0 Å². The fraction of sp³-hybridized carbons (Fsp3) is 0.341. The van der Waals surface area contributed by atoms with Gasteiger partial charge in [-0.25, -0.2) is 0 Å². The van der Waals surface area contributed by atoms with E-state index in [9.17, 15) is 24.3 Å². The molecule has 0 radical (unpaired) electrons. The minimum absolute atomic E-state index is 0.00273. The van der Waals surface area contributed by atoms with Crippen LogP contribution < -0.4 is 14.5 Å². The number of carbonyl (C=O) groups excluding carboxylic acids is 3. The first-order valence-electron chi connectivity index (χ1n) is 18.1. The molecular formula is C41H42ClN3O7Si. The zero-order valence-electron chi connectivity index (χ0n) is 29.9. The number of nitrogens with zero attached hydrogens (tertiary/aromatic N) is 3. The van der Waals surface area contributed by atoms with Crippen LogP contribution in [0.5, 0.6) is 11.5 Å². The quantitative estimate of drug-likeness (QED) is 0.193. The third-order valence-corrected chi connectivity index (χ3v) is 14.2. The summed E-state index contributed by atoms with van der Waals surface area (Å²) in [5.41, 5.74) is 1.92. The normalized spacial score (nSPS) is 25.0. The van der Waals surface area contributed by atoms with E-state index in [0.717, 1.165) is 18.4 Å². The van der Waals surface area contributed by atoms with Gasteiger partial charge in [-0.15, -0.1) is 0 Å². The topological polar surface area (TPSA) is 120 Å². The van der Waals surface area contributed by atoms with Gasteiger partial charge in [0.2, 0.25) is 5.91 Å². The number of likely N-dealkylation sites (tertiary alicyclic amines) is 1. The van der Waals surface area contributed by atoms with Crippen molar-refractivity contribution in [1.82, 2.24) is 4.90 Å². The van der Waals surface area contributed by atoms with Gasteiger partial charge in [0.25, 0.3) is 11.8 Å². The molecule has 4 heterocycles. The lowest BCUT2D eigenvalue weighted by atomic mass is 9.82. The number of fused-ring (bicyclic) bond motifs is 4. The third kappa shape index (κ3) is 5.86. The van der Waals surface area contributed by atoms with E-state index in [2.05, 4.69) is 0 Å². The number of hydrogen-bond acceptors (Lipinski definition) is 7. The minimum Gasteiger partial charge on any atom is -0.454 e. The Morgan fingerprint density at radius 2 is 1.68 bits per heavy atom. The Bertz CT molecular complexity index is 2110. The molecule has 53 heavy (non-hydrogen) atoms. The maximum atomic E-state index is 14.9. The number of aliphatic hydroxyl groups is 1. The smallest absolute Gasteiger partial charge is 0.266 e. The molecule has 12 heteroatoms. The highest BCUT2D eigenvalue weighted by atomic mass is 35.5. The second kappa shape index (κ2) is 13.4. The Morgan fingerprint density at radius 1 is 0.962 bits per heavy atom. The van der Waals surface area contributed by atoms with Crippen LogP contribution in [0.4, 0.5) is 17.1 Å². The second-order valence-corrected chi connectivity index (χ2v) is 19.5. The van der Waals surface area contributed by atoms with Gasteiger partial charge in [-0.2, -0.15) is 0 Å². The van der Waals surface area contributed by atoms with Crippen LogP contribution in [0.1, 0.15) is 47.7 Å². The summed E-state index contributed by atoms with van der Waals surface area (Å²) < 4.78 is 13.0. The van der Waals surface area contributed by atoms with E-state index >= 15 is 0 Å². The Morgan fingerprint density at radius 3 is 2.42 bits per heavy atom. The van der Waals surface area contributed by atoms with Crippen molar-refractivity contribution in [3.05, 3.63) is 113 Å². The van der Waals surface area contributed by atoms with E-state index in [4.69, 9.17) is 21.1 Å². The predicted octanol–water partition coefficient (Wildman–Crippen LogP) is 7.14. The molecule has 0 aliphatic carbocycles. The number of hydrogen-bond donors (Lipinski definition) is 2. The van der Waals surface area contributed by atoms with Gasteiger partial charge in [-0.3, -0.25) is 19.3 Å². The van der Waals surface area contributed by atoms with Crippen molar-refractivity contribution in [2.75, 3.05) is 23.0 Å². The molecule has 2 saturated heterocycles. The van der Waals surface area contributed by atoms with Crippen molar-refractivity contribution in [2.45, 2.75) is 69.1 Å². The molecule has 0 aromatic heterocycles. The molecule has 8 rings (SSSR count). The molecule has 4 aliphatic heterocycles. The summed E-state index contributed by atoms with van der Waals surface area (Å²) in [6.45, 7) is 6.26. The molecule has 0 saturated carbocycles. The molecule has 10 nitrogen and oxygen atoms in total. The number of aliphatic hydroxyl groups excluding tert-OH is 1. The van der Waals surface area contributed by atoms with Crippen molar-refractivity contribution in [3.63, 3.8) is 0 Å². The molecular weight excluding hydrogens is 710 g/mol. The standard InChI is InChI=1S/C41H42ClN3O7Si/c1-25-38(53(2,3)50)36(22-37(47)43-20-8-9-29(43)24-46)52-41(25)31-21-27(42)16-19-32(31)44(40(41)49)23-26-14-17-28(18-15-26)45-33-11-5-7-13-35(33)51-34-12-6-4-10-30(34)39(45)48/h4-7,10-19,21,25,29,36,38,46,50H,8-9,20,22-24H2,1-3H3/t25-,29-,36+,38-,41+/m0/s1. The largest absolute Gasteiger partial charge is 0.454 e. The van der Waals surface area contributed by atoms with Gasteiger partial charge in [-0.1, -0.05) is 54.9 Å². The zero-order valence-corrected chi connectivity index (χ0v) is 31.6. The Balaban J connectivity index is 1.11. The number of carbonyl (C=O) groups is 3. The number of ether oxygens (including phenoxy) is 2. The number of amides is 3. The van der Waals surface area contributed by atoms with Crippen molar-refractivity contribution in [2.24, 2.45) is 5.92 Å². The summed E-state index contributed by atoms with van der Waals surface area (Å²) in [7, 11) is -3.01. The number of anilines is 3. The molecule has 1 spiro atoms. The van der Waals surface area contributed by atoms with E-state index in [0.29, 0.717) is 51.3 Å². The fourth-order valence-corrected chi connectivity index (χ4v) is 11.8. The van der Waals surface area contributed by atoms with Gasteiger partial charge in [0, 0.05) is 34.3 Å². The van der Waals surface area contributed by atoms with E-state index in [1.54, 1.807) is 39.0 Å². The third-order valence-electron chi connectivity index (χ3n) is 11.4. The number of benzene rings is 4. The Kier molecular flexibility index (Phi) is 8.98. The Hall–Kier alpha value is -4.52. The molecule has 2 N–H and O–H groups in total. The molecule has 4 aromatic rings. The monoisotopic (exact) mass is 751 g/mol.